The van der Waals surface area contributed by atoms with Crippen molar-refractivity contribution in [2.24, 2.45) is 0 Å². The Bertz CT molecular complexity index is 1060. The van der Waals surface area contributed by atoms with E-state index in [2.05, 4.69) is 10.3 Å². The number of anilines is 1. The number of carboxylic acids is 1. The van der Waals surface area contributed by atoms with Crippen LogP contribution in [0.25, 0.3) is 17.0 Å². The van der Waals surface area contributed by atoms with E-state index in [1.54, 1.807) is 18.2 Å². The Morgan fingerprint density at radius 1 is 1.15 bits per heavy atom. The van der Waals surface area contributed by atoms with Gasteiger partial charge in [-0.2, -0.15) is 0 Å². The summed E-state index contributed by atoms with van der Waals surface area (Å²) in [4.78, 5) is 26.3. The van der Waals surface area contributed by atoms with Gasteiger partial charge in [-0.3, -0.25) is 4.79 Å². The molecule has 0 bridgehead atoms. The maximum atomic E-state index is 12.1. The van der Waals surface area contributed by atoms with Crippen molar-refractivity contribution in [3.63, 3.8) is 0 Å². The fourth-order valence-electron chi connectivity index (χ4n) is 2.52. The summed E-state index contributed by atoms with van der Waals surface area (Å²) >= 11 is 12.1. The number of aromatic carboxylic acids is 1. The summed E-state index contributed by atoms with van der Waals surface area (Å²) in [6, 6.07) is 9.29. The zero-order valence-electron chi connectivity index (χ0n) is 13.1. The summed E-state index contributed by atoms with van der Waals surface area (Å²) in [7, 11) is 0. The van der Waals surface area contributed by atoms with E-state index in [-0.39, 0.29) is 27.7 Å². The summed E-state index contributed by atoms with van der Waals surface area (Å²) < 4.78 is 0. The zero-order chi connectivity index (χ0) is 18.8. The normalized spacial score (nSPS) is 11.2. The Morgan fingerprint density at radius 2 is 1.88 bits per heavy atom. The fraction of sp³-hybridized carbons (Fsp3) is 0. The summed E-state index contributed by atoms with van der Waals surface area (Å²) in [5, 5.41) is 22.6. The lowest BCUT2D eigenvalue weighted by atomic mass is 10.1. The molecule has 3 rings (SSSR count). The number of H-pyrrole nitrogens is 1. The number of carbonyl (C=O) groups is 2. The van der Waals surface area contributed by atoms with E-state index in [1.807, 2.05) is 0 Å². The van der Waals surface area contributed by atoms with E-state index < -0.39 is 11.9 Å². The highest BCUT2D eigenvalue weighted by atomic mass is 35.5. The first-order valence-corrected chi connectivity index (χ1v) is 8.13. The number of hydrogen-bond acceptors (Lipinski definition) is 3. The van der Waals surface area contributed by atoms with Crippen molar-refractivity contribution in [1.82, 2.24) is 4.98 Å². The molecule has 0 aliphatic carbocycles. The predicted molar refractivity (Wildman–Crippen MR) is 101 cm³/mol. The lowest BCUT2D eigenvalue weighted by Gasteiger charge is -2.04. The highest BCUT2D eigenvalue weighted by Gasteiger charge is 2.18. The lowest BCUT2D eigenvalue weighted by molar-refractivity contribution is -0.111. The molecule has 0 unspecified atom stereocenters. The zero-order valence-corrected chi connectivity index (χ0v) is 14.6. The minimum atomic E-state index is -1.20. The number of aromatic hydroxyl groups is 1. The maximum absolute atomic E-state index is 12.1. The van der Waals surface area contributed by atoms with Crippen molar-refractivity contribution in [1.29, 1.82) is 0 Å². The second-order valence-corrected chi connectivity index (χ2v) is 6.21. The van der Waals surface area contributed by atoms with E-state index in [9.17, 15) is 19.8 Å². The molecule has 0 aliphatic heterocycles. The smallest absolute Gasteiger partial charge is 0.352 e. The quantitative estimate of drug-likeness (QED) is 0.388. The van der Waals surface area contributed by atoms with E-state index in [1.165, 1.54) is 24.3 Å². The van der Waals surface area contributed by atoms with Gasteiger partial charge in [0, 0.05) is 27.6 Å². The second-order valence-electron chi connectivity index (χ2n) is 5.37. The molecule has 0 radical (unpaired) electrons. The largest absolute Gasteiger partial charge is 0.506 e. The topological polar surface area (TPSA) is 102 Å². The first-order valence-electron chi connectivity index (χ1n) is 7.38. The molecular formula is C18H12Cl2N2O4. The second kappa shape index (κ2) is 7.11. The van der Waals surface area contributed by atoms with Crippen LogP contribution in [0, 0.1) is 0 Å². The SMILES string of the molecule is O=C(/C=C/c1c(C(=O)O)[nH]c2cc(Cl)cc(Cl)c12)Nc1ccccc1O. The molecule has 0 fully saturated rings. The first kappa shape index (κ1) is 17.8. The third kappa shape index (κ3) is 3.51. The van der Waals surface area contributed by atoms with Gasteiger partial charge in [0.1, 0.15) is 11.4 Å². The maximum Gasteiger partial charge on any atom is 0.352 e. The van der Waals surface area contributed by atoms with Crippen LogP contribution < -0.4 is 5.32 Å². The van der Waals surface area contributed by atoms with Crippen LogP contribution in [0.4, 0.5) is 5.69 Å². The van der Waals surface area contributed by atoms with Gasteiger partial charge in [0.15, 0.2) is 0 Å². The van der Waals surface area contributed by atoms with Gasteiger partial charge in [-0.15, -0.1) is 0 Å². The van der Waals surface area contributed by atoms with Gasteiger partial charge in [-0.05, 0) is 30.3 Å². The van der Waals surface area contributed by atoms with Crippen molar-refractivity contribution in [3.05, 3.63) is 63.8 Å². The van der Waals surface area contributed by atoms with Crippen molar-refractivity contribution < 1.29 is 19.8 Å². The number of para-hydroxylation sites is 2. The van der Waals surface area contributed by atoms with Crippen LogP contribution in [0.1, 0.15) is 16.1 Å². The first-order chi connectivity index (χ1) is 12.4. The van der Waals surface area contributed by atoms with E-state index in [4.69, 9.17) is 23.2 Å². The fourth-order valence-corrected chi connectivity index (χ4v) is 3.12. The van der Waals surface area contributed by atoms with Crippen molar-refractivity contribution in [2.75, 3.05) is 5.32 Å². The molecule has 6 nitrogen and oxygen atoms in total. The number of aromatic nitrogens is 1. The Hall–Kier alpha value is -2.96. The third-order valence-electron chi connectivity index (χ3n) is 3.63. The summed E-state index contributed by atoms with van der Waals surface area (Å²) in [5.41, 5.74) is 0.822. The number of rotatable bonds is 4. The standard InChI is InChI=1S/C18H12Cl2N2O4/c19-9-7-11(20)16-10(17(18(25)26)22-13(16)8-9)5-6-15(24)21-12-3-1-2-4-14(12)23/h1-8,22-23H,(H,21,24)(H,25,26)/b6-5+. The number of hydrogen-bond donors (Lipinski definition) is 4. The predicted octanol–water partition coefficient (Wildman–Crippen LogP) is 4.53. The summed E-state index contributed by atoms with van der Waals surface area (Å²) in [5.74, 6) is -1.82. The Balaban J connectivity index is 1.98. The Labute approximate surface area is 157 Å². The van der Waals surface area contributed by atoms with Gasteiger partial charge < -0.3 is 20.5 Å². The van der Waals surface area contributed by atoms with Crippen molar-refractivity contribution in [2.45, 2.75) is 0 Å². The number of benzene rings is 2. The summed E-state index contributed by atoms with van der Waals surface area (Å²) in [6.07, 6.45) is 2.50. The van der Waals surface area contributed by atoms with Crippen molar-refractivity contribution >= 4 is 57.7 Å². The molecule has 3 aromatic rings. The van der Waals surface area contributed by atoms with Crippen LogP contribution in [-0.2, 0) is 4.79 Å². The third-order valence-corrected chi connectivity index (χ3v) is 4.15. The van der Waals surface area contributed by atoms with Gasteiger partial charge in [0.25, 0.3) is 0 Å². The lowest BCUT2D eigenvalue weighted by Crippen LogP contribution is -2.08. The van der Waals surface area contributed by atoms with Crippen molar-refractivity contribution in [3.8, 4) is 5.75 Å². The number of phenols is 1. The minimum absolute atomic E-state index is 0.0785. The number of carboxylic acid groups (broad SMARTS) is 1. The molecule has 0 saturated heterocycles. The molecule has 0 saturated carbocycles. The molecule has 0 spiro atoms. The molecule has 1 heterocycles. The molecular weight excluding hydrogens is 379 g/mol. The minimum Gasteiger partial charge on any atom is -0.506 e. The molecule has 0 aliphatic rings. The van der Waals surface area contributed by atoms with Crippen LogP contribution in [0.2, 0.25) is 10.0 Å². The molecule has 26 heavy (non-hydrogen) atoms. The molecule has 8 heteroatoms. The number of carbonyl (C=O) groups excluding carboxylic acids is 1. The Morgan fingerprint density at radius 3 is 2.58 bits per heavy atom. The van der Waals surface area contributed by atoms with Crippen LogP contribution in [-0.4, -0.2) is 27.1 Å². The highest BCUT2D eigenvalue weighted by Crippen LogP contribution is 2.33. The molecule has 4 N–H and O–H groups in total. The number of aromatic amines is 1. The monoisotopic (exact) mass is 390 g/mol. The van der Waals surface area contributed by atoms with E-state index in [0.717, 1.165) is 6.08 Å². The number of halogens is 2. The van der Waals surface area contributed by atoms with E-state index >= 15 is 0 Å². The Kier molecular flexibility index (Phi) is 4.88. The molecule has 0 atom stereocenters. The van der Waals surface area contributed by atoms with Gasteiger partial charge in [0.05, 0.1) is 10.7 Å². The highest BCUT2D eigenvalue weighted by molar-refractivity contribution is 6.39. The molecule has 2 aromatic carbocycles. The number of fused-ring (bicyclic) bond motifs is 1. The van der Waals surface area contributed by atoms with Crippen LogP contribution in [0.15, 0.2) is 42.5 Å². The average molecular weight is 391 g/mol. The number of phenolic OH excluding ortho intramolecular Hbond substituents is 1. The average Bonchev–Trinajstić information content (AvgIpc) is 2.94. The van der Waals surface area contributed by atoms with Crippen LogP contribution in [0.5, 0.6) is 5.75 Å². The van der Waals surface area contributed by atoms with Gasteiger partial charge in [0.2, 0.25) is 5.91 Å². The molecule has 1 aromatic heterocycles. The number of amides is 1. The van der Waals surface area contributed by atoms with Crippen LogP contribution in [0.3, 0.4) is 0 Å². The van der Waals surface area contributed by atoms with E-state index in [0.29, 0.717) is 15.9 Å². The van der Waals surface area contributed by atoms with Gasteiger partial charge in [-0.25, -0.2) is 4.79 Å². The summed E-state index contributed by atoms with van der Waals surface area (Å²) in [6.45, 7) is 0. The van der Waals surface area contributed by atoms with Gasteiger partial charge >= 0.3 is 5.97 Å². The van der Waals surface area contributed by atoms with Crippen LogP contribution >= 0.6 is 23.2 Å². The molecule has 1 amide bonds. The van der Waals surface area contributed by atoms with Gasteiger partial charge in [-0.1, -0.05) is 35.3 Å². The number of nitrogens with one attached hydrogen (secondary N) is 2. The molecule has 132 valence electrons.